The number of nitrogens with one attached hydrogen (secondary N) is 1. The molecule has 0 aliphatic carbocycles. The van der Waals surface area contributed by atoms with Crippen LogP contribution in [0.25, 0.3) is 11.3 Å². The van der Waals surface area contributed by atoms with Gasteiger partial charge in [-0.2, -0.15) is 0 Å². The lowest BCUT2D eigenvalue weighted by Gasteiger charge is -2.19. The monoisotopic (exact) mass is 398 g/mol. The van der Waals surface area contributed by atoms with E-state index in [0.29, 0.717) is 14.8 Å². The van der Waals surface area contributed by atoms with Gasteiger partial charge < -0.3 is 5.32 Å². The minimum atomic E-state index is -0.524. The number of rotatable bonds is 2. The maximum absolute atomic E-state index is 14.3. The van der Waals surface area contributed by atoms with Gasteiger partial charge in [0.05, 0.1) is 9.26 Å². The summed E-state index contributed by atoms with van der Waals surface area (Å²) in [5.41, 5.74) is 0.855. The molecule has 0 fully saturated rings. The molecule has 1 aromatic carbocycles. The SMILES string of the molecule is CC(C)(C)C(=O)Nc1ccccc1-c1nccc(I)c1F. The third kappa shape index (κ3) is 3.58. The van der Waals surface area contributed by atoms with E-state index in [0.717, 1.165) is 0 Å². The predicted octanol–water partition coefficient (Wildman–Crippen LogP) is 4.48. The van der Waals surface area contributed by atoms with Gasteiger partial charge in [0.15, 0.2) is 5.82 Å². The molecule has 0 spiro atoms. The van der Waals surface area contributed by atoms with Crippen LogP contribution in [-0.2, 0) is 4.79 Å². The smallest absolute Gasteiger partial charge is 0.229 e. The van der Waals surface area contributed by atoms with Crippen LogP contribution in [0.2, 0.25) is 0 Å². The molecule has 3 nitrogen and oxygen atoms in total. The van der Waals surface area contributed by atoms with Crippen molar-refractivity contribution in [3.05, 3.63) is 45.9 Å². The standard InChI is InChI=1S/C16H16FIN2O/c1-16(2,3)15(21)20-12-7-5-4-6-10(12)14-13(17)11(18)8-9-19-14/h4-9H,1-3H3,(H,20,21). The highest BCUT2D eigenvalue weighted by Crippen LogP contribution is 2.31. The molecule has 21 heavy (non-hydrogen) atoms. The van der Waals surface area contributed by atoms with E-state index in [2.05, 4.69) is 10.3 Å². The van der Waals surface area contributed by atoms with E-state index in [1.54, 1.807) is 36.5 Å². The van der Waals surface area contributed by atoms with Crippen LogP contribution in [0.1, 0.15) is 20.8 Å². The Morgan fingerprint density at radius 3 is 2.57 bits per heavy atom. The highest BCUT2D eigenvalue weighted by molar-refractivity contribution is 14.1. The molecule has 0 aliphatic heterocycles. The second-order valence-electron chi connectivity index (χ2n) is 5.71. The number of carbonyl (C=O) groups excluding carboxylic acids is 1. The molecule has 0 atom stereocenters. The third-order valence-electron chi connectivity index (χ3n) is 2.95. The molecule has 0 unspecified atom stereocenters. The molecule has 2 rings (SSSR count). The van der Waals surface area contributed by atoms with Crippen molar-refractivity contribution < 1.29 is 9.18 Å². The Labute approximate surface area is 137 Å². The van der Waals surface area contributed by atoms with Crippen molar-refractivity contribution in [2.45, 2.75) is 20.8 Å². The van der Waals surface area contributed by atoms with Crippen LogP contribution in [0.4, 0.5) is 10.1 Å². The molecule has 5 heteroatoms. The summed E-state index contributed by atoms with van der Waals surface area (Å²) in [5, 5.41) is 2.85. The Kier molecular flexibility index (Phi) is 4.61. The zero-order valence-electron chi connectivity index (χ0n) is 12.1. The molecular formula is C16H16FIN2O. The minimum Gasteiger partial charge on any atom is -0.325 e. The number of amides is 1. The molecule has 0 radical (unpaired) electrons. The molecule has 1 aromatic heterocycles. The summed E-state index contributed by atoms with van der Waals surface area (Å²) in [6.07, 6.45) is 1.56. The van der Waals surface area contributed by atoms with Gasteiger partial charge in [-0.05, 0) is 34.7 Å². The number of anilines is 1. The van der Waals surface area contributed by atoms with Crippen LogP contribution in [0, 0.1) is 14.8 Å². The van der Waals surface area contributed by atoms with Gasteiger partial charge in [0, 0.05) is 17.2 Å². The number of para-hydroxylation sites is 1. The highest BCUT2D eigenvalue weighted by Gasteiger charge is 2.23. The fourth-order valence-electron chi connectivity index (χ4n) is 1.72. The van der Waals surface area contributed by atoms with E-state index in [9.17, 15) is 9.18 Å². The van der Waals surface area contributed by atoms with E-state index < -0.39 is 5.41 Å². The summed E-state index contributed by atoms with van der Waals surface area (Å²) >= 11 is 1.92. The van der Waals surface area contributed by atoms with Crippen LogP contribution >= 0.6 is 22.6 Å². The normalized spacial score (nSPS) is 11.3. The molecular weight excluding hydrogens is 382 g/mol. The minimum absolute atomic E-state index is 0.124. The van der Waals surface area contributed by atoms with Crippen molar-refractivity contribution >= 4 is 34.2 Å². The van der Waals surface area contributed by atoms with Crippen molar-refractivity contribution in [1.82, 2.24) is 4.98 Å². The molecule has 0 bridgehead atoms. The van der Waals surface area contributed by atoms with Crippen LogP contribution in [0.15, 0.2) is 36.5 Å². The van der Waals surface area contributed by atoms with Gasteiger partial charge in [0.25, 0.3) is 0 Å². The Morgan fingerprint density at radius 1 is 1.24 bits per heavy atom. The molecule has 1 amide bonds. The number of benzene rings is 1. The van der Waals surface area contributed by atoms with Crippen molar-refractivity contribution in [2.75, 3.05) is 5.32 Å². The van der Waals surface area contributed by atoms with Gasteiger partial charge in [0.2, 0.25) is 5.91 Å². The number of aromatic nitrogens is 1. The first kappa shape index (κ1) is 15.9. The van der Waals surface area contributed by atoms with E-state index in [1.165, 1.54) is 0 Å². The van der Waals surface area contributed by atoms with Gasteiger partial charge >= 0.3 is 0 Å². The van der Waals surface area contributed by atoms with Crippen LogP contribution in [-0.4, -0.2) is 10.9 Å². The Balaban J connectivity index is 2.47. The number of nitrogens with zero attached hydrogens (tertiary/aromatic N) is 1. The lowest BCUT2D eigenvalue weighted by Crippen LogP contribution is -2.27. The molecule has 1 N–H and O–H groups in total. The number of carbonyl (C=O) groups is 1. The van der Waals surface area contributed by atoms with Crippen LogP contribution in [0.5, 0.6) is 0 Å². The average Bonchev–Trinajstić information content (AvgIpc) is 2.42. The van der Waals surface area contributed by atoms with Crippen molar-refractivity contribution in [3.8, 4) is 11.3 Å². The zero-order valence-corrected chi connectivity index (χ0v) is 14.2. The highest BCUT2D eigenvalue weighted by atomic mass is 127. The lowest BCUT2D eigenvalue weighted by atomic mass is 9.95. The maximum atomic E-state index is 14.3. The zero-order chi connectivity index (χ0) is 15.6. The first-order valence-corrected chi connectivity index (χ1v) is 7.59. The molecule has 110 valence electrons. The van der Waals surface area contributed by atoms with E-state index in [-0.39, 0.29) is 17.4 Å². The number of halogens is 2. The van der Waals surface area contributed by atoms with E-state index >= 15 is 0 Å². The maximum Gasteiger partial charge on any atom is 0.229 e. The quantitative estimate of drug-likeness (QED) is 0.759. The number of pyridine rings is 1. The Bertz CT molecular complexity index is 680. The van der Waals surface area contributed by atoms with Crippen LogP contribution < -0.4 is 5.32 Å². The van der Waals surface area contributed by atoms with Gasteiger partial charge in [-0.25, -0.2) is 4.39 Å². The fraction of sp³-hybridized carbons (Fsp3) is 0.250. The van der Waals surface area contributed by atoms with Gasteiger partial charge in [0.1, 0.15) is 5.69 Å². The summed E-state index contributed by atoms with van der Waals surface area (Å²) in [4.78, 5) is 16.3. The van der Waals surface area contributed by atoms with Gasteiger partial charge in [-0.15, -0.1) is 0 Å². The number of hydrogen-bond donors (Lipinski definition) is 1. The third-order valence-corrected chi connectivity index (χ3v) is 3.79. The van der Waals surface area contributed by atoms with Gasteiger partial charge in [-0.3, -0.25) is 9.78 Å². The van der Waals surface area contributed by atoms with E-state index in [4.69, 9.17) is 0 Å². The summed E-state index contributed by atoms with van der Waals surface area (Å²) in [7, 11) is 0. The predicted molar refractivity (Wildman–Crippen MR) is 90.4 cm³/mol. The molecule has 2 aromatic rings. The Hall–Kier alpha value is -1.50. The Morgan fingerprint density at radius 2 is 1.90 bits per heavy atom. The van der Waals surface area contributed by atoms with Crippen LogP contribution in [0.3, 0.4) is 0 Å². The van der Waals surface area contributed by atoms with E-state index in [1.807, 2.05) is 43.4 Å². The summed E-state index contributed by atoms with van der Waals surface area (Å²) < 4.78 is 14.8. The van der Waals surface area contributed by atoms with Crippen molar-refractivity contribution in [3.63, 3.8) is 0 Å². The van der Waals surface area contributed by atoms with Gasteiger partial charge in [-0.1, -0.05) is 39.0 Å². The summed E-state index contributed by atoms with van der Waals surface area (Å²) in [6.45, 7) is 5.49. The summed E-state index contributed by atoms with van der Waals surface area (Å²) in [6, 6.07) is 8.70. The average molecular weight is 398 g/mol. The fourth-order valence-corrected chi connectivity index (χ4v) is 2.13. The van der Waals surface area contributed by atoms with Crippen molar-refractivity contribution in [2.24, 2.45) is 5.41 Å². The first-order chi connectivity index (χ1) is 9.80. The number of hydrogen-bond acceptors (Lipinski definition) is 2. The second kappa shape index (κ2) is 6.09. The van der Waals surface area contributed by atoms with Crippen molar-refractivity contribution in [1.29, 1.82) is 0 Å². The molecule has 1 heterocycles. The molecule has 0 saturated heterocycles. The molecule has 0 saturated carbocycles. The topological polar surface area (TPSA) is 42.0 Å². The summed E-state index contributed by atoms with van der Waals surface area (Å²) in [5.74, 6) is -0.503. The largest absolute Gasteiger partial charge is 0.325 e. The molecule has 0 aliphatic rings. The lowest BCUT2D eigenvalue weighted by molar-refractivity contribution is -0.123. The second-order valence-corrected chi connectivity index (χ2v) is 6.87. The first-order valence-electron chi connectivity index (χ1n) is 6.51.